The van der Waals surface area contributed by atoms with Gasteiger partial charge in [-0.15, -0.1) is 0 Å². The Hall–Kier alpha value is -1.66. The lowest BCUT2D eigenvalue weighted by Crippen LogP contribution is -2.54. The van der Waals surface area contributed by atoms with Gasteiger partial charge in [0.05, 0.1) is 5.69 Å². The highest BCUT2D eigenvalue weighted by Crippen LogP contribution is 2.29. The molecule has 0 saturated carbocycles. The van der Waals surface area contributed by atoms with Gasteiger partial charge >= 0.3 is 0 Å². The zero-order chi connectivity index (χ0) is 18.9. The molecule has 2 heterocycles. The Labute approximate surface area is 155 Å². The smallest absolute Gasteiger partial charge is 0.253 e. The molecule has 26 heavy (non-hydrogen) atoms. The maximum absolute atomic E-state index is 14.7. The average Bonchev–Trinajstić information content (AvgIpc) is 2.63. The molecule has 2 fully saturated rings. The Morgan fingerprint density at radius 2 is 1.92 bits per heavy atom. The van der Waals surface area contributed by atoms with E-state index in [1.165, 1.54) is 6.07 Å². The standard InChI is InChI=1S/C20H31FN4O/c1-4-23-9-11-24(12-10-23)17-6-5-15(13-16(17)21)19(26)25-8-7-18(22)20(2,3)14-25/h5-6,13,18H,4,7-12,14,22H2,1-3H3. The minimum atomic E-state index is -0.311. The molecule has 5 nitrogen and oxygen atoms in total. The number of carbonyl (C=O) groups excluding carboxylic acids is 1. The molecule has 0 bridgehead atoms. The van der Waals surface area contributed by atoms with E-state index in [-0.39, 0.29) is 23.2 Å². The second-order valence-corrected chi connectivity index (χ2v) is 8.20. The summed E-state index contributed by atoms with van der Waals surface area (Å²) in [5, 5.41) is 0. The molecule has 0 aliphatic carbocycles. The summed E-state index contributed by atoms with van der Waals surface area (Å²) >= 11 is 0. The van der Waals surface area contributed by atoms with E-state index >= 15 is 0 Å². The number of nitrogens with two attached hydrogens (primary N) is 1. The fraction of sp³-hybridized carbons (Fsp3) is 0.650. The summed E-state index contributed by atoms with van der Waals surface area (Å²) < 4.78 is 14.7. The van der Waals surface area contributed by atoms with Crippen molar-refractivity contribution in [2.75, 3.05) is 50.7 Å². The molecule has 1 amide bonds. The third kappa shape index (κ3) is 3.86. The molecule has 0 aromatic heterocycles. The van der Waals surface area contributed by atoms with Crippen molar-refractivity contribution in [3.63, 3.8) is 0 Å². The van der Waals surface area contributed by atoms with Gasteiger partial charge in [-0.3, -0.25) is 4.79 Å². The van der Waals surface area contributed by atoms with Crippen molar-refractivity contribution in [2.24, 2.45) is 11.1 Å². The summed E-state index contributed by atoms with van der Waals surface area (Å²) in [6.07, 6.45) is 0.779. The molecular formula is C20H31FN4O. The number of hydrogen-bond donors (Lipinski definition) is 1. The highest BCUT2D eigenvalue weighted by molar-refractivity contribution is 5.94. The number of anilines is 1. The number of amides is 1. The number of benzene rings is 1. The maximum atomic E-state index is 14.7. The molecule has 0 radical (unpaired) electrons. The molecule has 1 aromatic rings. The van der Waals surface area contributed by atoms with E-state index in [0.29, 0.717) is 24.3 Å². The molecule has 2 N–H and O–H groups in total. The van der Waals surface area contributed by atoms with Crippen molar-refractivity contribution >= 4 is 11.6 Å². The number of piperidine rings is 1. The molecule has 6 heteroatoms. The van der Waals surface area contributed by atoms with Gasteiger partial charge in [0.15, 0.2) is 0 Å². The molecule has 1 atom stereocenters. The summed E-state index contributed by atoms with van der Waals surface area (Å²) in [4.78, 5) is 19.0. The molecule has 1 aromatic carbocycles. The number of piperazine rings is 1. The molecule has 2 saturated heterocycles. The summed E-state index contributed by atoms with van der Waals surface area (Å²) in [5.41, 5.74) is 7.05. The van der Waals surface area contributed by atoms with Crippen LogP contribution in [-0.2, 0) is 0 Å². The number of carbonyl (C=O) groups is 1. The van der Waals surface area contributed by atoms with Crippen LogP contribution < -0.4 is 10.6 Å². The van der Waals surface area contributed by atoms with Crippen LogP contribution >= 0.6 is 0 Å². The van der Waals surface area contributed by atoms with Crippen LogP contribution in [0.2, 0.25) is 0 Å². The van der Waals surface area contributed by atoms with E-state index in [1.54, 1.807) is 17.0 Å². The molecule has 2 aliphatic heterocycles. The maximum Gasteiger partial charge on any atom is 0.253 e. The molecular weight excluding hydrogens is 331 g/mol. The van der Waals surface area contributed by atoms with Gasteiger partial charge in [0.2, 0.25) is 0 Å². The number of halogens is 1. The van der Waals surface area contributed by atoms with E-state index in [4.69, 9.17) is 5.73 Å². The van der Waals surface area contributed by atoms with Gasteiger partial charge in [-0.25, -0.2) is 4.39 Å². The molecule has 144 valence electrons. The van der Waals surface area contributed by atoms with E-state index in [9.17, 15) is 9.18 Å². The van der Waals surface area contributed by atoms with Gasteiger partial charge in [0.25, 0.3) is 5.91 Å². The Morgan fingerprint density at radius 1 is 1.23 bits per heavy atom. The molecule has 1 unspecified atom stereocenters. The van der Waals surface area contributed by atoms with E-state index in [0.717, 1.165) is 39.1 Å². The van der Waals surface area contributed by atoms with Crippen molar-refractivity contribution in [1.29, 1.82) is 0 Å². The van der Waals surface area contributed by atoms with Crippen molar-refractivity contribution in [3.8, 4) is 0 Å². The number of hydrogen-bond acceptors (Lipinski definition) is 4. The SMILES string of the molecule is CCN1CCN(c2ccc(C(=O)N3CCC(N)C(C)(C)C3)cc2F)CC1. The first kappa shape index (κ1) is 19.1. The van der Waals surface area contributed by atoms with Crippen LogP contribution in [0, 0.1) is 11.2 Å². The summed E-state index contributed by atoms with van der Waals surface area (Å²) in [7, 11) is 0. The van der Waals surface area contributed by atoms with Crippen LogP contribution in [0.15, 0.2) is 18.2 Å². The number of likely N-dealkylation sites (N-methyl/N-ethyl adjacent to an activating group) is 1. The van der Waals surface area contributed by atoms with E-state index < -0.39 is 0 Å². The Kier molecular flexibility index (Phi) is 5.53. The Morgan fingerprint density at radius 3 is 2.50 bits per heavy atom. The first-order valence-corrected chi connectivity index (χ1v) is 9.63. The predicted octanol–water partition coefficient (Wildman–Crippen LogP) is 2.17. The fourth-order valence-electron chi connectivity index (χ4n) is 3.93. The molecule has 0 spiro atoms. The highest BCUT2D eigenvalue weighted by atomic mass is 19.1. The van der Waals surface area contributed by atoms with Crippen LogP contribution in [0.3, 0.4) is 0 Å². The van der Waals surface area contributed by atoms with E-state index in [1.807, 2.05) is 0 Å². The van der Waals surface area contributed by atoms with Gasteiger partial charge in [-0.1, -0.05) is 20.8 Å². The molecule has 3 rings (SSSR count). The summed E-state index contributed by atoms with van der Waals surface area (Å²) in [5.74, 6) is -0.417. The minimum absolute atomic E-state index is 0.0902. The predicted molar refractivity (Wildman–Crippen MR) is 103 cm³/mol. The van der Waals surface area contributed by atoms with Gasteiger partial charge in [0, 0.05) is 50.9 Å². The van der Waals surface area contributed by atoms with Crippen LogP contribution in [-0.4, -0.2) is 67.6 Å². The lowest BCUT2D eigenvalue weighted by Gasteiger charge is -2.42. The van der Waals surface area contributed by atoms with Gasteiger partial charge < -0.3 is 20.4 Å². The third-order valence-electron chi connectivity index (χ3n) is 5.95. The van der Waals surface area contributed by atoms with Crippen molar-refractivity contribution in [2.45, 2.75) is 33.2 Å². The quantitative estimate of drug-likeness (QED) is 0.895. The lowest BCUT2D eigenvalue weighted by atomic mass is 9.79. The fourth-order valence-corrected chi connectivity index (χ4v) is 3.93. The van der Waals surface area contributed by atoms with Crippen molar-refractivity contribution < 1.29 is 9.18 Å². The first-order valence-electron chi connectivity index (χ1n) is 9.63. The van der Waals surface area contributed by atoms with Crippen LogP contribution in [0.1, 0.15) is 37.6 Å². The zero-order valence-corrected chi connectivity index (χ0v) is 16.2. The zero-order valence-electron chi connectivity index (χ0n) is 16.2. The second kappa shape index (κ2) is 7.53. The highest BCUT2D eigenvalue weighted by Gasteiger charge is 2.35. The van der Waals surface area contributed by atoms with Gasteiger partial charge in [-0.2, -0.15) is 0 Å². The normalized spacial score (nSPS) is 24.0. The van der Waals surface area contributed by atoms with Crippen molar-refractivity contribution in [3.05, 3.63) is 29.6 Å². The monoisotopic (exact) mass is 362 g/mol. The first-order chi connectivity index (χ1) is 12.3. The van der Waals surface area contributed by atoms with Crippen molar-refractivity contribution in [1.82, 2.24) is 9.80 Å². The summed E-state index contributed by atoms with van der Waals surface area (Å²) in [6.45, 7) is 12.1. The number of nitrogens with zero attached hydrogens (tertiary/aromatic N) is 3. The van der Waals surface area contributed by atoms with Crippen LogP contribution in [0.5, 0.6) is 0 Å². The van der Waals surface area contributed by atoms with Crippen LogP contribution in [0.4, 0.5) is 10.1 Å². The minimum Gasteiger partial charge on any atom is -0.367 e. The lowest BCUT2D eigenvalue weighted by molar-refractivity contribution is 0.0532. The van der Waals surface area contributed by atoms with Gasteiger partial charge in [0.1, 0.15) is 5.82 Å². The largest absolute Gasteiger partial charge is 0.367 e. The van der Waals surface area contributed by atoms with E-state index in [2.05, 4.69) is 30.6 Å². The molecule has 2 aliphatic rings. The third-order valence-corrected chi connectivity index (χ3v) is 5.95. The topological polar surface area (TPSA) is 52.8 Å². The Balaban J connectivity index is 1.70. The number of rotatable bonds is 3. The van der Waals surface area contributed by atoms with Gasteiger partial charge in [-0.05, 0) is 36.6 Å². The van der Waals surface area contributed by atoms with Crippen LogP contribution in [0.25, 0.3) is 0 Å². The Bertz CT molecular complexity index is 655. The second-order valence-electron chi connectivity index (χ2n) is 8.20. The number of likely N-dealkylation sites (tertiary alicyclic amines) is 1. The summed E-state index contributed by atoms with van der Waals surface area (Å²) in [6, 6.07) is 5.00. The average molecular weight is 362 g/mol.